The van der Waals surface area contributed by atoms with Crippen LogP contribution in [0.1, 0.15) is 32.6 Å². The van der Waals surface area contributed by atoms with Crippen molar-refractivity contribution >= 4 is 38.2 Å². The lowest BCUT2D eigenvalue weighted by Gasteiger charge is -2.36. The first-order valence-corrected chi connectivity index (χ1v) is 10.4. The second kappa shape index (κ2) is 6.24. The highest BCUT2D eigenvalue weighted by molar-refractivity contribution is 7.22. The van der Waals surface area contributed by atoms with Crippen LogP contribution in [-0.4, -0.2) is 46.8 Å². The zero-order chi connectivity index (χ0) is 18.6. The van der Waals surface area contributed by atoms with Gasteiger partial charge >= 0.3 is 0 Å². The Hall–Kier alpha value is -2.05. The number of carbonyl (C=O) groups is 1. The summed E-state index contributed by atoms with van der Waals surface area (Å²) in [6.45, 7) is 4.27. The molecule has 1 N–H and O–H groups in total. The van der Waals surface area contributed by atoms with E-state index in [0.29, 0.717) is 18.9 Å². The van der Waals surface area contributed by atoms with E-state index in [0.717, 1.165) is 53.4 Å². The Morgan fingerprint density at radius 1 is 1.26 bits per heavy atom. The molecule has 2 aliphatic heterocycles. The van der Waals surface area contributed by atoms with Gasteiger partial charge in [-0.25, -0.2) is 4.98 Å². The largest absolute Gasteiger partial charge is 0.385 e. The second-order valence-electron chi connectivity index (χ2n) is 8.07. The fourth-order valence-electron chi connectivity index (χ4n) is 4.77. The highest BCUT2D eigenvalue weighted by Crippen LogP contribution is 2.40. The summed E-state index contributed by atoms with van der Waals surface area (Å²) in [5.41, 5.74) is 3.09. The van der Waals surface area contributed by atoms with Crippen molar-refractivity contribution in [2.45, 2.75) is 38.2 Å². The third-order valence-electron chi connectivity index (χ3n) is 5.98. The molecule has 0 spiro atoms. The molecule has 2 aromatic rings. The van der Waals surface area contributed by atoms with Crippen LogP contribution in [0.25, 0.3) is 10.2 Å². The van der Waals surface area contributed by atoms with Gasteiger partial charge in [-0.2, -0.15) is 0 Å². The minimum Gasteiger partial charge on any atom is -0.385 e. The number of rotatable bonds is 2. The Bertz CT molecular complexity index is 947. The standard InChI is InChI=1S/C21H23N3O2S/c1-21(26)11-15(25)10-14-12-22-19(18(14)21)13-6-8-24(9-7-13)20-23-16-4-2-3-5-17(16)27-20/h2-5,13,26H,6-12H2,1H3. The number of hydrogen-bond donors (Lipinski definition) is 1. The lowest BCUT2D eigenvalue weighted by Crippen LogP contribution is -2.42. The number of anilines is 1. The molecule has 27 heavy (non-hydrogen) atoms. The van der Waals surface area contributed by atoms with Gasteiger partial charge < -0.3 is 10.0 Å². The number of aromatic nitrogens is 1. The molecule has 0 amide bonds. The first-order chi connectivity index (χ1) is 13.0. The summed E-state index contributed by atoms with van der Waals surface area (Å²) in [5, 5.41) is 11.9. The Kier molecular flexibility index (Phi) is 3.95. The molecule has 1 unspecified atom stereocenters. The number of piperidine rings is 1. The molecule has 5 rings (SSSR count). The van der Waals surface area contributed by atoms with Gasteiger partial charge in [0.05, 0.1) is 22.4 Å². The summed E-state index contributed by atoms with van der Waals surface area (Å²) in [4.78, 5) is 23.8. The molecule has 1 saturated heterocycles. The predicted molar refractivity (Wildman–Crippen MR) is 109 cm³/mol. The number of hydrogen-bond acceptors (Lipinski definition) is 6. The maximum Gasteiger partial charge on any atom is 0.186 e. The molecular weight excluding hydrogens is 358 g/mol. The highest BCUT2D eigenvalue weighted by Gasteiger charge is 2.43. The van der Waals surface area contributed by atoms with Crippen LogP contribution in [0.5, 0.6) is 0 Å². The van der Waals surface area contributed by atoms with E-state index >= 15 is 0 Å². The smallest absolute Gasteiger partial charge is 0.186 e. The van der Waals surface area contributed by atoms with Crippen molar-refractivity contribution in [3.8, 4) is 0 Å². The van der Waals surface area contributed by atoms with Crippen molar-refractivity contribution in [3.63, 3.8) is 0 Å². The number of aliphatic imine (C=N–C) groups is 1. The van der Waals surface area contributed by atoms with Gasteiger partial charge in [0.1, 0.15) is 5.78 Å². The van der Waals surface area contributed by atoms with Crippen molar-refractivity contribution in [2.24, 2.45) is 10.9 Å². The van der Waals surface area contributed by atoms with Crippen LogP contribution in [0.2, 0.25) is 0 Å². The van der Waals surface area contributed by atoms with Gasteiger partial charge in [-0.15, -0.1) is 0 Å². The molecule has 1 aromatic heterocycles. The van der Waals surface area contributed by atoms with Crippen LogP contribution in [0, 0.1) is 5.92 Å². The summed E-state index contributed by atoms with van der Waals surface area (Å²) in [6.07, 6.45) is 2.70. The number of benzene rings is 1. The van der Waals surface area contributed by atoms with Gasteiger partial charge in [-0.3, -0.25) is 9.79 Å². The fraction of sp³-hybridized carbons (Fsp3) is 0.476. The van der Waals surface area contributed by atoms with Crippen LogP contribution >= 0.6 is 11.3 Å². The normalized spacial score (nSPS) is 26.7. The van der Waals surface area contributed by atoms with Crippen molar-refractivity contribution in [1.29, 1.82) is 0 Å². The average Bonchev–Trinajstić information content (AvgIpc) is 3.25. The molecule has 3 aliphatic rings. The molecule has 1 aromatic carbocycles. The van der Waals surface area contributed by atoms with Crippen LogP contribution in [-0.2, 0) is 4.79 Å². The third kappa shape index (κ3) is 2.91. The molecule has 5 nitrogen and oxygen atoms in total. The summed E-state index contributed by atoms with van der Waals surface area (Å²) in [5.74, 6) is 0.490. The topological polar surface area (TPSA) is 65.8 Å². The predicted octanol–water partition coefficient (Wildman–Crippen LogP) is 3.38. The monoisotopic (exact) mass is 381 g/mol. The number of para-hydroxylation sites is 1. The number of Topliss-reactive ketones (excluding diaryl/α,β-unsaturated/α-hetero) is 1. The van der Waals surface area contributed by atoms with Gasteiger partial charge in [0.2, 0.25) is 0 Å². The number of nitrogens with zero attached hydrogens (tertiary/aromatic N) is 3. The molecule has 0 saturated carbocycles. The maximum absolute atomic E-state index is 11.9. The molecule has 1 atom stereocenters. The average molecular weight is 382 g/mol. The molecule has 6 heteroatoms. The van der Waals surface area contributed by atoms with Crippen molar-refractivity contribution in [2.75, 3.05) is 24.5 Å². The van der Waals surface area contributed by atoms with E-state index < -0.39 is 5.60 Å². The maximum atomic E-state index is 11.9. The van der Waals surface area contributed by atoms with Crippen molar-refractivity contribution in [1.82, 2.24) is 4.98 Å². The number of carbonyl (C=O) groups excluding carboxylic acids is 1. The molecule has 3 heterocycles. The van der Waals surface area contributed by atoms with Crippen LogP contribution < -0.4 is 4.90 Å². The second-order valence-corrected chi connectivity index (χ2v) is 9.08. The number of ketones is 1. The quantitative estimate of drug-likeness (QED) is 0.866. The summed E-state index contributed by atoms with van der Waals surface area (Å²) in [7, 11) is 0. The Morgan fingerprint density at radius 3 is 2.81 bits per heavy atom. The highest BCUT2D eigenvalue weighted by atomic mass is 32.1. The Balaban J connectivity index is 1.33. The third-order valence-corrected chi connectivity index (χ3v) is 7.07. The summed E-state index contributed by atoms with van der Waals surface area (Å²) in [6, 6.07) is 8.27. The van der Waals surface area contributed by atoms with Crippen molar-refractivity contribution < 1.29 is 9.90 Å². The molecule has 1 aliphatic carbocycles. The lowest BCUT2D eigenvalue weighted by molar-refractivity contribution is -0.122. The number of thiazole rings is 1. The Morgan fingerprint density at radius 2 is 2.04 bits per heavy atom. The van der Waals surface area contributed by atoms with Gasteiger partial charge in [0, 0.05) is 43.1 Å². The van der Waals surface area contributed by atoms with E-state index in [4.69, 9.17) is 9.98 Å². The molecule has 0 radical (unpaired) electrons. The SMILES string of the molecule is CC1(O)CC(=O)CC2=C1C(C1CCN(c3nc4ccccc4s3)CC1)=NC2. The van der Waals surface area contributed by atoms with E-state index in [1.807, 2.05) is 6.07 Å². The van der Waals surface area contributed by atoms with E-state index in [9.17, 15) is 9.90 Å². The van der Waals surface area contributed by atoms with E-state index in [1.54, 1.807) is 18.3 Å². The van der Waals surface area contributed by atoms with Gasteiger partial charge in [0.15, 0.2) is 5.13 Å². The zero-order valence-corrected chi connectivity index (χ0v) is 16.3. The summed E-state index contributed by atoms with van der Waals surface area (Å²) < 4.78 is 1.23. The molecular formula is C21H23N3O2S. The van der Waals surface area contributed by atoms with Gasteiger partial charge in [-0.1, -0.05) is 23.5 Å². The van der Waals surface area contributed by atoms with Crippen molar-refractivity contribution in [3.05, 3.63) is 35.4 Å². The first-order valence-electron chi connectivity index (χ1n) is 9.63. The van der Waals surface area contributed by atoms with Gasteiger partial charge in [-0.05, 0) is 37.5 Å². The van der Waals surface area contributed by atoms with E-state index in [1.165, 1.54) is 4.70 Å². The van der Waals surface area contributed by atoms with Crippen LogP contribution in [0.15, 0.2) is 40.4 Å². The minimum atomic E-state index is -1.05. The molecule has 0 bridgehead atoms. The van der Waals surface area contributed by atoms with E-state index in [2.05, 4.69) is 23.1 Å². The number of aliphatic hydroxyl groups is 1. The Labute approximate surface area is 162 Å². The van der Waals surface area contributed by atoms with Crippen LogP contribution in [0.4, 0.5) is 5.13 Å². The molecule has 1 fully saturated rings. The molecule has 140 valence electrons. The number of fused-ring (bicyclic) bond motifs is 1. The summed E-state index contributed by atoms with van der Waals surface area (Å²) >= 11 is 1.75. The first kappa shape index (κ1) is 17.1. The van der Waals surface area contributed by atoms with Gasteiger partial charge in [0.25, 0.3) is 0 Å². The lowest BCUT2D eigenvalue weighted by atomic mass is 9.74. The fourth-order valence-corrected chi connectivity index (χ4v) is 5.78. The van der Waals surface area contributed by atoms with E-state index in [-0.39, 0.29) is 12.2 Å². The van der Waals surface area contributed by atoms with Crippen LogP contribution in [0.3, 0.4) is 0 Å². The zero-order valence-electron chi connectivity index (χ0n) is 15.4. The minimum absolute atomic E-state index is 0.126.